The van der Waals surface area contributed by atoms with E-state index in [1.807, 2.05) is 24.3 Å². The number of fused-ring (bicyclic) bond motifs is 1. The molecule has 1 N–H and O–H groups in total. The first kappa shape index (κ1) is 12.7. The number of para-hydroxylation sites is 1. The number of nitrogens with zero attached hydrogens (tertiary/aromatic N) is 3. The number of carboxylic acid groups (broad SMARTS) is 1. The third-order valence-corrected chi connectivity index (χ3v) is 3.53. The number of anilines is 1. The molecule has 6 nitrogen and oxygen atoms in total. The predicted octanol–water partition coefficient (Wildman–Crippen LogP) is 1.96. The van der Waals surface area contributed by atoms with Crippen molar-refractivity contribution in [2.24, 2.45) is 0 Å². The summed E-state index contributed by atoms with van der Waals surface area (Å²) < 4.78 is 5.40. The Morgan fingerprint density at radius 2 is 2.25 bits per heavy atom. The molecule has 1 aliphatic rings. The third-order valence-electron chi connectivity index (χ3n) is 3.53. The van der Waals surface area contributed by atoms with Crippen LogP contribution in [0.15, 0.2) is 28.7 Å². The number of aromatic nitrogens is 2. The zero-order valence-corrected chi connectivity index (χ0v) is 11.1. The van der Waals surface area contributed by atoms with Crippen LogP contribution in [0.3, 0.4) is 0 Å². The van der Waals surface area contributed by atoms with Gasteiger partial charge < -0.3 is 14.4 Å². The van der Waals surface area contributed by atoms with Gasteiger partial charge in [0.25, 0.3) is 0 Å². The fraction of sp³-hybridized carbons (Fsp3) is 0.357. The smallest absolute Gasteiger partial charge is 0.311 e. The van der Waals surface area contributed by atoms with Crippen molar-refractivity contribution in [2.75, 3.05) is 11.4 Å². The Kier molecular flexibility index (Phi) is 3.14. The Bertz CT molecular complexity index is 638. The lowest BCUT2D eigenvalue weighted by molar-refractivity contribution is -0.139. The Morgan fingerprint density at radius 3 is 2.95 bits per heavy atom. The first-order chi connectivity index (χ1) is 9.65. The summed E-state index contributed by atoms with van der Waals surface area (Å²) in [4.78, 5) is 13.4. The molecule has 1 aromatic heterocycles. The highest BCUT2D eigenvalue weighted by Gasteiger charge is 2.30. The van der Waals surface area contributed by atoms with Gasteiger partial charge in [0, 0.05) is 19.2 Å². The van der Waals surface area contributed by atoms with Gasteiger partial charge in [0.1, 0.15) is 0 Å². The van der Waals surface area contributed by atoms with Crippen molar-refractivity contribution in [3.63, 3.8) is 0 Å². The maximum absolute atomic E-state index is 11.3. The van der Waals surface area contributed by atoms with Crippen molar-refractivity contribution < 1.29 is 14.3 Å². The van der Waals surface area contributed by atoms with Crippen molar-refractivity contribution in [3.05, 3.63) is 41.6 Å². The number of benzene rings is 1. The predicted molar refractivity (Wildman–Crippen MR) is 71.5 cm³/mol. The second-order valence-corrected chi connectivity index (χ2v) is 4.87. The van der Waals surface area contributed by atoms with Gasteiger partial charge in [-0.15, -0.1) is 10.2 Å². The maximum atomic E-state index is 11.3. The highest BCUT2D eigenvalue weighted by molar-refractivity contribution is 5.80. The normalized spacial score (nSPS) is 17.9. The summed E-state index contributed by atoms with van der Waals surface area (Å²) in [5.74, 6) is -0.127. The molecule has 6 heteroatoms. The lowest BCUT2D eigenvalue weighted by Crippen LogP contribution is -2.33. The van der Waals surface area contributed by atoms with E-state index in [4.69, 9.17) is 4.42 Å². The van der Waals surface area contributed by atoms with Crippen LogP contribution in [-0.4, -0.2) is 27.8 Å². The third kappa shape index (κ3) is 2.24. The topological polar surface area (TPSA) is 79.5 Å². The lowest BCUT2D eigenvalue weighted by atomic mass is 9.90. The summed E-state index contributed by atoms with van der Waals surface area (Å²) in [5.41, 5.74) is 1.78. The number of carboxylic acids is 1. The summed E-state index contributed by atoms with van der Waals surface area (Å²) in [6.45, 7) is 2.92. The van der Waals surface area contributed by atoms with E-state index in [2.05, 4.69) is 15.1 Å². The van der Waals surface area contributed by atoms with Crippen LogP contribution in [0, 0.1) is 6.92 Å². The number of aliphatic carboxylic acids is 1. The van der Waals surface area contributed by atoms with E-state index in [1.165, 1.54) is 0 Å². The monoisotopic (exact) mass is 273 g/mol. The first-order valence-corrected chi connectivity index (χ1v) is 6.51. The van der Waals surface area contributed by atoms with Gasteiger partial charge >= 0.3 is 5.97 Å². The molecule has 1 aliphatic heterocycles. The number of hydrogen-bond acceptors (Lipinski definition) is 5. The van der Waals surface area contributed by atoms with Gasteiger partial charge in [-0.25, -0.2) is 0 Å². The largest absolute Gasteiger partial charge is 0.481 e. The van der Waals surface area contributed by atoms with Crippen molar-refractivity contribution in [1.29, 1.82) is 0 Å². The summed E-state index contributed by atoms with van der Waals surface area (Å²) in [7, 11) is 0. The average Bonchev–Trinajstić information content (AvgIpc) is 2.84. The lowest BCUT2D eigenvalue weighted by Gasteiger charge is -2.33. The molecule has 1 aromatic carbocycles. The zero-order chi connectivity index (χ0) is 14.1. The molecule has 0 fully saturated rings. The standard InChI is InChI=1S/C14H15N3O3/c1-9-15-16-13(20-9)8-17-7-6-11(14(18)19)10-4-2-3-5-12(10)17/h2-5,11H,6-8H2,1H3,(H,18,19). The summed E-state index contributed by atoms with van der Waals surface area (Å²) in [5, 5.41) is 17.1. The number of rotatable bonds is 3. The number of aryl methyl sites for hydroxylation is 1. The minimum Gasteiger partial charge on any atom is -0.481 e. The molecule has 2 aromatic rings. The van der Waals surface area contributed by atoms with Crippen LogP contribution in [0.2, 0.25) is 0 Å². The van der Waals surface area contributed by atoms with Crippen molar-refractivity contribution >= 4 is 11.7 Å². The van der Waals surface area contributed by atoms with Crippen LogP contribution in [0.5, 0.6) is 0 Å². The summed E-state index contributed by atoms with van der Waals surface area (Å²) in [6.07, 6.45) is 0.583. The molecular formula is C14H15N3O3. The van der Waals surface area contributed by atoms with Crippen molar-refractivity contribution in [2.45, 2.75) is 25.8 Å². The molecule has 0 saturated carbocycles. The maximum Gasteiger partial charge on any atom is 0.311 e. The minimum atomic E-state index is -0.772. The second kappa shape index (κ2) is 4.96. The van der Waals surface area contributed by atoms with Gasteiger partial charge in [-0.3, -0.25) is 4.79 Å². The van der Waals surface area contributed by atoms with Crippen LogP contribution in [0.1, 0.15) is 29.7 Å². The van der Waals surface area contributed by atoms with E-state index >= 15 is 0 Å². The number of hydrogen-bond donors (Lipinski definition) is 1. The summed E-state index contributed by atoms with van der Waals surface area (Å²) in [6, 6.07) is 7.59. The van der Waals surface area contributed by atoms with Crippen LogP contribution in [-0.2, 0) is 11.3 Å². The van der Waals surface area contributed by atoms with Crippen LogP contribution >= 0.6 is 0 Å². The molecule has 104 valence electrons. The van der Waals surface area contributed by atoms with E-state index in [0.29, 0.717) is 31.3 Å². The Hall–Kier alpha value is -2.37. The van der Waals surface area contributed by atoms with E-state index in [-0.39, 0.29) is 0 Å². The van der Waals surface area contributed by atoms with Gasteiger partial charge in [-0.2, -0.15) is 0 Å². The Labute approximate surface area is 116 Å². The van der Waals surface area contributed by atoms with Crippen LogP contribution in [0.4, 0.5) is 5.69 Å². The van der Waals surface area contributed by atoms with Gasteiger partial charge in [0.2, 0.25) is 11.8 Å². The van der Waals surface area contributed by atoms with E-state index in [9.17, 15) is 9.90 Å². The quantitative estimate of drug-likeness (QED) is 0.920. The van der Waals surface area contributed by atoms with Crippen molar-refractivity contribution in [3.8, 4) is 0 Å². The van der Waals surface area contributed by atoms with Gasteiger partial charge in [-0.1, -0.05) is 18.2 Å². The SMILES string of the molecule is Cc1nnc(CN2CCC(C(=O)O)c3ccccc32)o1. The van der Waals surface area contributed by atoms with Crippen LogP contribution in [0.25, 0.3) is 0 Å². The fourth-order valence-corrected chi connectivity index (χ4v) is 2.62. The van der Waals surface area contributed by atoms with Crippen LogP contribution < -0.4 is 4.90 Å². The molecular weight excluding hydrogens is 258 g/mol. The number of carbonyl (C=O) groups is 1. The van der Waals surface area contributed by atoms with E-state index in [1.54, 1.807) is 6.92 Å². The highest BCUT2D eigenvalue weighted by atomic mass is 16.4. The molecule has 0 bridgehead atoms. The summed E-state index contributed by atoms with van der Waals surface area (Å²) >= 11 is 0. The second-order valence-electron chi connectivity index (χ2n) is 4.87. The molecule has 20 heavy (non-hydrogen) atoms. The highest BCUT2D eigenvalue weighted by Crippen LogP contribution is 2.35. The van der Waals surface area contributed by atoms with Gasteiger partial charge in [-0.05, 0) is 18.1 Å². The van der Waals surface area contributed by atoms with E-state index < -0.39 is 11.9 Å². The first-order valence-electron chi connectivity index (χ1n) is 6.51. The Morgan fingerprint density at radius 1 is 1.45 bits per heavy atom. The minimum absolute atomic E-state index is 0.438. The molecule has 0 amide bonds. The molecule has 3 rings (SSSR count). The molecule has 1 atom stereocenters. The van der Waals surface area contributed by atoms with Gasteiger partial charge in [0.05, 0.1) is 12.5 Å². The van der Waals surface area contributed by atoms with Gasteiger partial charge in [0.15, 0.2) is 0 Å². The zero-order valence-electron chi connectivity index (χ0n) is 11.1. The molecule has 0 radical (unpaired) electrons. The molecule has 1 unspecified atom stereocenters. The molecule has 0 aliphatic carbocycles. The molecule has 2 heterocycles. The fourth-order valence-electron chi connectivity index (χ4n) is 2.62. The van der Waals surface area contributed by atoms with E-state index in [0.717, 1.165) is 11.3 Å². The average molecular weight is 273 g/mol. The Balaban J connectivity index is 1.90. The molecule has 0 saturated heterocycles. The van der Waals surface area contributed by atoms with Crippen molar-refractivity contribution in [1.82, 2.24) is 10.2 Å². The molecule has 0 spiro atoms.